The molecule has 4 nitrogen and oxygen atoms in total. The number of hydrogen-bond acceptors (Lipinski definition) is 4. The Bertz CT molecular complexity index is 905. The van der Waals surface area contributed by atoms with Crippen molar-refractivity contribution in [2.24, 2.45) is 5.92 Å². The molecule has 26 heavy (non-hydrogen) atoms. The number of nitrogens with one attached hydrogen (secondary N) is 1. The third-order valence-electron chi connectivity index (χ3n) is 4.51. The molecule has 6 heteroatoms. The summed E-state index contributed by atoms with van der Waals surface area (Å²) in [7, 11) is -2.94. The average molecular weight is 390 g/mol. The maximum absolute atomic E-state index is 12.1. The van der Waals surface area contributed by atoms with Gasteiger partial charge in [-0.3, -0.25) is 4.79 Å². The molecule has 1 fully saturated rings. The molecule has 0 aromatic heterocycles. The highest BCUT2D eigenvalue weighted by atomic mass is 32.2. The van der Waals surface area contributed by atoms with E-state index in [1.54, 1.807) is 11.8 Å². The number of hydrogen-bond donors (Lipinski definition) is 1. The zero-order valence-corrected chi connectivity index (χ0v) is 16.6. The molecule has 1 heterocycles. The lowest BCUT2D eigenvalue weighted by atomic mass is 10.1. The number of sulfone groups is 1. The Morgan fingerprint density at radius 2 is 1.88 bits per heavy atom. The first-order valence-electron chi connectivity index (χ1n) is 8.66. The van der Waals surface area contributed by atoms with Crippen LogP contribution in [-0.2, 0) is 14.6 Å². The quantitative estimate of drug-likeness (QED) is 0.832. The number of amides is 1. The largest absolute Gasteiger partial charge is 0.326 e. The van der Waals surface area contributed by atoms with E-state index in [-0.39, 0.29) is 29.8 Å². The number of anilines is 1. The molecule has 1 unspecified atom stereocenters. The molecule has 0 bridgehead atoms. The Kier molecular flexibility index (Phi) is 5.73. The van der Waals surface area contributed by atoms with Gasteiger partial charge in [0.2, 0.25) is 5.91 Å². The number of aryl methyl sites for hydroxylation is 2. The smallest absolute Gasteiger partial charge is 0.224 e. The molecule has 2 aromatic carbocycles. The van der Waals surface area contributed by atoms with Gasteiger partial charge < -0.3 is 5.32 Å². The predicted molar refractivity (Wildman–Crippen MR) is 106 cm³/mol. The minimum atomic E-state index is -2.94. The third-order valence-corrected chi connectivity index (χ3v) is 7.51. The van der Waals surface area contributed by atoms with Crippen LogP contribution in [0.1, 0.15) is 24.0 Å². The Labute approximate surface area is 159 Å². The number of carbonyl (C=O) groups is 1. The van der Waals surface area contributed by atoms with Gasteiger partial charge in [-0.1, -0.05) is 23.9 Å². The second-order valence-corrected chi connectivity index (χ2v) is 10.3. The highest BCUT2D eigenvalue weighted by molar-refractivity contribution is 7.99. The van der Waals surface area contributed by atoms with Gasteiger partial charge >= 0.3 is 0 Å². The third kappa shape index (κ3) is 5.11. The molecule has 0 saturated carbocycles. The second kappa shape index (κ2) is 7.84. The van der Waals surface area contributed by atoms with Crippen molar-refractivity contribution >= 4 is 33.2 Å². The first kappa shape index (κ1) is 19.0. The van der Waals surface area contributed by atoms with Crippen molar-refractivity contribution in [1.82, 2.24) is 0 Å². The summed E-state index contributed by atoms with van der Waals surface area (Å²) in [6.45, 7) is 4.18. The highest BCUT2D eigenvalue weighted by Gasteiger charge is 2.29. The topological polar surface area (TPSA) is 63.2 Å². The van der Waals surface area contributed by atoms with Crippen LogP contribution in [0.15, 0.2) is 52.3 Å². The van der Waals surface area contributed by atoms with E-state index in [2.05, 4.69) is 37.4 Å². The van der Waals surface area contributed by atoms with Crippen molar-refractivity contribution < 1.29 is 13.2 Å². The average Bonchev–Trinajstić information content (AvgIpc) is 2.91. The van der Waals surface area contributed by atoms with Crippen LogP contribution in [0.25, 0.3) is 0 Å². The summed E-state index contributed by atoms with van der Waals surface area (Å²) in [6.07, 6.45) is 0.847. The summed E-state index contributed by atoms with van der Waals surface area (Å²) in [5, 5.41) is 2.86. The van der Waals surface area contributed by atoms with Crippen molar-refractivity contribution in [1.29, 1.82) is 0 Å². The van der Waals surface area contributed by atoms with Crippen LogP contribution < -0.4 is 5.32 Å². The molecular formula is C20H23NO3S2. The van der Waals surface area contributed by atoms with Crippen LogP contribution in [0.2, 0.25) is 0 Å². The summed E-state index contributed by atoms with van der Waals surface area (Å²) in [4.78, 5) is 14.5. The van der Waals surface area contributed by atoms with Gasteiger partial charge in [0, 0.05) is 21.9 Å². The second-order valence-electron chi connectivity index (χ2n) is 6.92. The van der Waals surface area contributed by atoms with Crippen LogP contribution in [0.5, 0.6) is 0 Å². The normalized spacial score (nSPS) is 18.6. The molecule has 1 aliphatic heterocycles. The lowest BCUT2D eigenvalue weighted by molar-refractivity contribution is -0.116. The van der Waals surface area contributed by atoms with Gasteiger partial charge in [0.1, 0.15) is 0 Å². The van der Waals surface area contributed by atoms with Gasteiger partial charge in [-0.2, -0.15) is 0 Å². The highest BCUT2D eigenvalue weighted by Crippen LogP contribution is 2.31. The van der Waals surface area contributed by atoms with Crippen LogP contribution in [0.3, 0.4) is 0 Å². The molecule has 0 radical (unpaired) electrons. The fourth-order valence-electron chi connectivity index (χ4n) is 3.06. The van der Waals surface area contributed by atoms with Crippen molar-refractivity contribution in [3.8, 4) is 0 Å². The van der Waals surface area contributed by atoms with E-state index in [4.69, 9.17) is 0 Å². The zero-order valence-electron chi connectivity index (χ0n) is 15.0. The van der Waals surface area contributed by atoms with Crippen LogP contribution in [-0.4, -0.2) is 25.8 Å². The van der Waals surface area contributed by atoms with Crippen LogP contribution >= 0.6 is 11.8 Å². The van der Waals surface area contributed by atoms with E-state index >= 15 is 0 Å². The summed E-state index contributed by atoms with van der Waals surface area (Å²) in [6, 6.07) is 14.1. The molecule has 0 spiro atoms. The molecule has 1 saturated heterocycles. The van der Waals surface area contributed by atoms with Crippen LogP contribution in [0.4, 0.5) is 5.69 Å². The summed E-state index contributed by atoms with van der Waals surface area (Å²) in [5.41, 5.74) is 3.21. The van der Waals surface area contributed by atoms with Gasteiger partial charge in [-0.15, -0.1) is 0 Å². The molecular weight excluding hydrogens is 366 g/mol. The van der Waals surface area contributed by atoms with Gasteiger partial charge in [-0.05, 0) is 67.6 Å². The Hall–Kier alpha value is -1.79. The van der Waals surface area contributed by atoms with Gasteiger partial charge in [0.25, 0.3) is 0 Å². The maximum atomic E-state index is 12.1. The monoisotopic (exact) mass is 389 g/mol. The van der Waals surface area contributed by atoms with Crippen molar-refractivity contribution in [2.75, 3.05) is 16.8 Å². The molecule has 3 rings (SSSR count). The van der Waals surface area contributed by atoms with E-state index in [1.807, 2.05) is 24.3 Å². The van der Waals surface area contributed by atoms with Crippen molar-refractivity contribution in [3.63, 3.8) is 0 Å². The predicted octanol–water partition coefficient (Wildman–Crippen LogP) is 4.22. The summed E-state index contributed by atoms with van der Waals surface area (Å²) < 4.78 is 23.0. The van der Waals surface area contributed by atoms with E-state index < -0.39 is 9.84 Å². The lowest BCUT2D eigenvalue weighted by Crippen LogP contribution is -2.17. The van der Waals surface area contributed by atoms with Gasteiger partial charge in [-0.25, -0.2) is 8.42 Å². The molecule has 1 amide bonds. The SMILES string of the molecule is Cc1ccc(C)c(Sc2ccc(NC(=O)CC3CCS(=O)(=O)C3)cc2)c1. The van der Waals surface area contributed by atoms with Crippen molar-refractivity contribution in [3.05, 3.63) is 53.6 Å². The van der Waals surface area contributed by atoms with E-state index in [9.17, 15) is 13.2 Å². The molecule has 2 aromatic rings. The molecule has 138 valence electrons. The van der Waals surface area contributed by atoms with Gasteiger partial charge in [0.15, 0.2) is 9.84 Å². The van der Waals surface area contributed by atoms with E-state index in [0.29, 0.717) is 6.42 Å². The molecule has 1 N–H and O–H groups in total. The fraction of sp³-hybridized carbons (Fsp3) is 0.350. The molecule has 1 atom stereocenters. The molecule has 1 aliphatic rings. The molecule has 0 aliphatic carbocycles. The fourth-order valence-corrected chi connectivity index (χ4v) is 5.92. The first-order chi connectivity index (χ1) is 12.3. The van der Waals surface area contributed by atoms with E-state index in [1.165, 1.54) is 16.0 Å². The standard InChI is InChI=1S/C20H23NO3S2/c1-14-3-4-15(2)19(11-14)25-18-7-5-17(6-8-18)21-20(22)12-16-9-10-26(23,24)13-16/h3-8,11,16H,9-10,12-13H2,1-2H3,(H,21,22). The van der Waals surface area contributed by atoms with E-state index in [0.717, 1.165) is 10.6 Å². The maximum Gasteiger partial charge on any atom is 0.224 e. The van der Waals surface area contributed by atoms with Gasteiger partial charge in [0.05, 0.1) is 11.5 Å². The Morgan fingerprint density at radius 1 is 1.15 bits per heavy atom. The summed E-state index contributed by atoms with van der Waals surface area (Å²) in [5.74, 6) is 0.155. The van der Waals surface area contributed by atoms with Crippen molar-refractivity contribution in [2.45, 2.75) is 36.5 Å². The Balaban J connectivity index is 1.57. The number of rotatable bonds is 5. The number of carbonyl (C=O) groups excluding carboxylic acids is 1. The minimum absolute atomic E-state index is 0.0564. The first-order valence-corrected chi connectivity index (χ1v) is 11.3. The minimum Gasteiger partial charge on any atom is -0.326 e. The lowest BCUT2D eigenvalue weighted by Gasteiger charge is -2.10. The zero-order chi connectivity index (χ0) is 18.7. The summed E-state index contributed by atoms with van der Waals surface area (Å²) >= 11 is 1.70. The Morgan fingerprint density at radius 3 is 2.54 bits per heavy atom. The number of benzene rings is 2. The van der Waals surface area contributed by atoms with Crippen LogP contribution in [0, 0.1) is 19.8 Å².